The lowest BCUT2D eigenvalue weighted by molar-refractivity contribution is -0.115. The summed E-state index contributed by atoms with van der Waals surface area (Å²) >= 11 is 1.35. The normalized spacial score (nSPS) is 16.6. The first-order valence-corrected chi connectivity index (χ1v) is 8.28. The number of nitrogen functional groups attached to an aromatic ring is 1. The van der Waals surface area contributed by atoms with E-state index >= 15 is 0 Å². The molecule has 3 N–H and O–H groups in total. The molecule has 122 valence electrons. The molecular weight excluding hydrogens is 314 g/mol. The van der Waals surface area contributed by atoms with Gasteiger partial charge in [0, 0.05) is 5.69 Å². The number of rotatable bonds is 4. The number of hydrogen-bond donors (Lipinski definition) is 2. The van der Waals surface area contributed by atoms with Gasteiger partial charge in [-0.15, -0.1) is 10.2 Å². The molecule has 1 aromatic carbocycles. The molecule has 8 heteroatoms. The highest BCUT2D eigenvalue weighted by Crippen LogP contribution is 2.35. The second-order valence-electron chi connectivity index (χ2n) is 5.43. The molecule has 2 heterocycles. The predicted octanol–water partition coefficient (Wildman–Crippen LogP) is 2.04. The Hall–Kier alpha value is -2.35. The fraction of sp³-hybridized carbons (Fsp3) is 0.400. The topological polar surface area (TPSA) is 93.4 Å². The maximum Gasteiger partial charge on any atom is 0.245 e. The Morgan fingerprint density at radius 1 is 1.52 bits per heavy atom. The van der Waals surface area contributed by atoms with Crippen molar-refractivity contribution in [3.05, 3.63) is 23.2 Å². The summed E-state index contributed by atoms with van der Waals surface area (Å²) in [5.74, 6) is 0.628. The lowest BCUT2D eigenvalue weighted by Gasteiger charge is -2.35. The minimum atomic E-state index is -0.133. The number of ether oxygens (including phenoxy) is 1. The number of nitrogens with two attached hydrogens (primary N) is 1. The number of anilines is 3. The van der Waals surface area contributed by atoms with E-state index in [-0.39, 0.29) is 18.6 Å². The number of hydrogen-bond acceptors (Lipinski definition) is 7. The Bertz CT molecular complexity index is 718. The molecule has 0 radical (unpaired) electrons. The van der Waals surface area contributed by atoms with Gasteiger partial charge in [-0.3, -0.25) is 10.1 Å². The molecular formula is C15H19N5O2S. The first-order valence-electron chi connectivity index (χ1n) is 7.46. The second kappa shape index (κ2) is 6.41. The molecule has 23 heavy (non-hydrogen) atoms. The van der Waals surface area contributed by atoms with Crippen LogP contribution in [0.5, 0.6) is 5.75 Å². The molecule has 1 aliphatic heterocycles. The van der Waals surface area contributed by atoms with Gasteiger partial charge in [-0.05, 0) is 31.5 Å². The molecule has 0 aliphatic carbocycles. The standard InChI is InChI=1S/C15H19N5O2S/c1-3-11-7-20(12-6-10(16)4-5-13(12)22-11)8-14(21)17-15-19-18-9(2)23-15/h4-6,11H,3,7-8,16H2,1-2H3,(H,17,19,21). The van der Waals surface area contributed by atoms with Crippen LogP contribution in [0.25, 0.3) is 0 Å². The molecule has 1 amide bonds. The molecule has 1 unspecified atom stereocenters. The van der Waals surface area contributed by atoms with E-state index in [1.165, 1.54) is 11.3 Å². The molecule has 1 aromatic heterocycles. The van der Waals surface area contributed by atoms with Crippen molar-refractivity contribution in [2.24, 2.45) is 0 Å². The Kier molecular flexibility index (Phi) is 4.33. The third kappa shape index (κ3) is 3.53. The molecule has 1 aliphatic rings. The minimum Gasteiger partial charge on any atom is -0.486 e. The Morgan fingerprint density at radius 2 is 2.35 bits per heavy atom. The number of fused-ring (bicyclic) bond motifs is 1. The quantitative estimate of drug-likeness (QED) is 0.832. The summed E-state index contributed by atoms with van der Waals surface area (Å²) < 4.78 is 5.92. The van der Waals surface area contributed by atoms with Crippen molar-refractivity contribution in [3.63, 3.8) is 0 Å². The van der Waals surface area contributed by atoms with E-state index in [1.807, 2.05) is 24.0 Å². The molecule has 0 saturated carbocycles. The Labute approximate surface area is 138 Å². The molecule has 0 fully saturated rings. The van der Waals surface area contributed by atoms with E-state index in [0.29, 0.717) is 17.4 Å². The lowest BCUT2D eigenvalue weighted by atomic mass is 10.1. The summed E-state index contributed by atoms with van der Waals surface area (Å²) in [6.45, 7) is 4.78. The minimum absolute atomic E-state index is 0.0581. The van der Waals surface area contributed by atoms with Crippen LogP contribution < -0.4 is 20.7 Å². The van der Waals surface area contributed by atoms with Gasteiger partial charge in [-0.1, -0.05) is 18.3 Å². The Balaban J connectivity index is 1.76. The van der Waals surface area contributed by atoms with Crippen LogP contribution in [0.1, 0.15) is 18.4 Å². The van der Waals surface area contributed by atoms with Gasteiger partial charge in [0.05, 0.1) is 18.8 Å². The maximum absolute atomic E-state index is 12.3. The lowest BCUT2D eigenvalue weighted by Crippen LogP contribution is -2.43. The van der Waals surface area contributed by atoms with Crippen LogP contribution in [0.15, 0.2) is 18.2 Å². The number of amides is 1. The van der Waals surface area contributed by atoms with Crippen LogP contribution >= 0.6 is 11.3 Å². The largest absolute Gasteiger partial charge is 0.486 e. The average molecular weight is 333 g/mol. The molecule has 2 aromatic rings. The van der Waals surface area contributed by atoms with Gasteiger partial charge in [0.2, 0.25) is 11.0 Å². The van der Waals surface area contributed by atoms with Gasteiger partial charge in [0.15, 0.2) is 0 Å². The van der Waals surface area contributed by atoms with Crippen molar-refractivity contribution in [2.75, 3.05) is 29.0 Å². The summed E-state index contributed by atoms with van der Waals surface area (Å²) in [6, 6.07) is 5.49. The van der Waals surface area contributed by atoms with Crippen molar-refractivity contribution in [3.8, 4) is 5.75 Å². The van der Waals surface area contributed by atoms with Crippen LogP contribution in [-0.2, 0) is 4.79 Å². The summed E-state index contributed by atoms with van der Waals surface area (Å²) in [4.78, 5) is 14.3. The number of aromatic nitrogens is 2. The zero-order valence-corrected chi connectivity index (χ0v) is 13.9. The summed E-state index contributed by atoms with van der Waals surface area (Å²) in [7, 11) is 0. The van der Waals surface area contributed by atoms with Crippen molar-refractivity contribution in [1.82, 2.24) is 10.2 Å². The summed E-state index contributed by atoms with van der Waals surface area (Å²) in [5.41, 5.74) is 7.36. The van der Waals surface area contributed by atoms with Gasteiger partial charge < -0.3 is 15.4 Å². The Morgan fingerprint density at radius 3 is 3.04 bits per heavy atom. The molecule has 3 rings (SSSR count). The van der Waals surface area contributed by atoms with Gasteiger partial charge in [-0.25, -0.2) is 0 Å². The van der Waals surface area contributed by atoms with Gasteiger partial charge in [-0.2, -0.15) is 0 Å². The number of carbonyl (C=O) groups excluding carboxylic acids is 1. The summed E-state index contributed by atoms with van der Waals surface area (Å²) in [5, 5.41) is 11.9. The number of nitrogens with one attached hydrogen (secondary N) is 1. The van der Waals surface area contributed by atoms with Crippen molar-refractivity contribution in [1.29, 1.82) is 0 Å². The highest BCUT2D eigenvalue weighted by atomic mass is 32.1. The number of benzene rings is 1. The molecule has 0 bridgehead atoms. The maximum atomic E-state index is 12.3. The third-order valence-corrected chi connectivity index (χ3v) is 4.36. The fourth-order valence-corrected chi connectivity index (χ4v) is 3.09. The SMILES string of the molecule is CCC1CN(CC(=O)Nc2nnc(C)s2)c2cc(N)ccc2O1. The van der Waals surface area contributed by atoms with Gasteiger partial charge in [0.25, 0.3) is 0 Å². The second-order valence-corrected chi connectivity index (χ2v) is 6.61. The van der Waals surface area contributed by atoms with E-state index in [2.05, 4.69) is 22.4 Å². The zero-order chi connectivity index (χ0) is 16.4. The zero-order valence-electron chi connectivity index (χ0n) is 13.1. The number of nitrogens with zero attached hydrogens (tertiary/aromatic N) is 3. The van der Waals surface area contributed by atoms with Crippen molar-refractivity contribution in [2.45, 2.75) is 26.4 Å². The number of aryl methyl sites for hydroxylation is 1. The van der Waals surface area contributed by atoms with E-state index in [4.69, 9.17) is 10.5 Å². The third-order valence-electron chi connectivity index (χ3n) is 3.60. The summed E-state index contributed by atoms with van der Waals surface area (Å²) in [6.07, 6.45) is 0.931. The molecule has 0 saturated heterocycles. The average Bonchev–Trinajstić information content (AvgIpc) is 2.92. The van der Waals surface area contributed by atoms with Crippen LogP contribution in [0.4, 0.5) is 16.5 Å². The smallest absolute Gasteiger partial charge is 0.245 e. The monoisotopic (exact) mass is 333 g/mol. The van der Waals surface area contributed by atoms with E-state index < -0.39 is 0 Å². The first-order chi connectivity index (χ1) is 11.0. The highest BCUT2D eigenvalue weighted by Gasteiger charge is 2.26. The molecule has 1 atom stereocenters. The van der Waals surface area contributed by atoms with Gasteiger partial charge >= 0.3 is 0 Å². The van der Waals surface area contributed by atoms with E-state index in [9.17, 15) is 4.79 Å². The predicted molar refractivity (Wildman–Crippen MR) is 91.1 cm³/mol. The van der Waals surface area contributed by atoms with Crippen LogP contribution in [0, 0.1) is 6.92 Å². The van der Waals surface area contributed by atoms with E-state index in [1.54, 1.807) is 6.07 Å². The highest BCUT2D eigenvalue weighted by molar-refractivity contribution is 7.15. The van der Waals surface area contributed by atoms with E-state index in [0.717, 1.165) is 22.9 Å². The fourth-order valence-electron chi connectivity index (χ4n) is 2.48. The van der Waals surface area contributed by atoms with Gasteiger partial charge in [0.1, 0.15) is 16.9 Å². The van der Waals surface area contributed by atoms with Crippen LogP contribution in [0.3, 0.4) is 0 Å². The van der Waals surface area contributed by atoms with Crippen LogP contribution in [-0.4, -0.2) is 35.3 Å². The van der Waals surface area contributed by atoms with Crippen molar-refractivity contribution < 1.29 is 9.53 Å². The van der Waals surface area contributed by atoms with Crippen LogP contribution in [0.2, 0.25) is 0 Å². The molecule has 7 nitrogen and oxygen atoms in total. The first kappa shape index (κ1) is 15.5. The molecule has 0 spiro atoms. The number of carbonyl (C=O) groups is 1. The van der Waals surface area contributed by atoms with Crippen molar-refractivity contribution >= 4 is 33.8 Å².